The first-order valence-electron chi connectivity index (χ1n) is 13.3. The number of nitrogen functional groups attached to an aromatic ring is 1. The van der Waals surface area contributed by atoms with Gasteiger partial charge in [-0.25, -0.2) is 14.1 Å². The molecule has 14 nitrogen and oxygen atoms in total. The highest BCUT2D eigenvalue weighted by atomic mass is 31.2. The fraction of sp³-hybridized carbons (Fsp3) is 0.481. The van der Waals surface area contributed by atoms with Crippen LogP contribution < -0.4 is 15.3 Å². The highest BCUT2D eigenvalue weighted by Gasteiger charge is 2.57. The van der Waals surface area contributed by atoms with Crippen molar-refractivity contribution in [3.63, 3.8) is 0 Å². The van der Waals surface area contributed by atoms with E-state index < -0.39 is 50.3 Å². The second-order valence-electron chi connectivity index (χ2n) is 10.8. The number of hydrogen-bond acceptors (Lipinski definition) is 12. The first-order valence-corrected chi connectivity index (χ1v) is 14.8. The van der Waals surface area contributed by atoms with Crippen molar-refractivity contribution in [2.75, 3.05) is 18.9 Å². The molecule has 1 unspecified atom stereocenters. The van der Waals surface area contributed by atoms with E-state index in [0.717, 1.165) is 6.42 Å². The van der Waals surface area contributed by atoms with E-state index in [9.17, 15) is 24.8 Å². The van der Waals surface area contributed by atoms with E-state index in [-0.39, 0.29) is 29.3 Å². The summed E-state index contributed by atoms with van der Waals surface area (Å²) in [6, 6.07) is 11.9. The van der Waals surface area contributed by atoms with E-state index >= 15 is 0 Å². The number of para-hydroxylation sites is 1. The molecule has 2 aromatic heterocycles. The van der Waals surface area contributed by atoms with Crippen LogP contribution in [0, 0.1) is 16.7 Å². The minimum absolute atomic E-state index is 0.140. The van der Waals surface area contributed by atoms with Crippen LogP contribution in [0.4, 0.5) is 5.82 Å². The van der Waals surface area contributed by atoms with Gasteiger partial charge in [0.25, 0.3) is 0 Å². The van der Waals surface area contributed by atoms with E-state index in [4.69, 9.17) is 24.3 Å². The van der Waals surface area contributed by atoms with E-state index in [1.54, 1.807) is 30.3 Å². The lowest BCUT2D eigenvalue weighted by Crippen LogP contribution is -2.46. The molecule has 0 amide bonds. The molecule has 1 aliphatic heterocycles. The average Bonchev–Trinajstić information content (AvgIpc) is 3.51. The normalized spacial score (nSPS) is 24.5. The molecule has 1 aromatic carbocycles. The number of aliphatic hydroxyl groups is 2. The lowest BCUT2D eigenvalue weighted by Gasteiger charge is -2.28. The number of ether oxygens (including phenoxy) is 2. The fourth-order valence-electron chi connectivity index (χ4n) is 4.15. The lowest BCUT2D eigenvalue weighted by molar-refractivity contribution is -0.148. The number of nitrogens with zero attached hydrogens (tertiary/aromatic N) is 4. The Bertz CT molecular complexity index is 1490. The number of hydrogen-bond donors (Lipinski definition) is 4. The zero-order valence-electron chi connectivity index (χ0n) is 23.7. The minimum atomic E-state index is -4.42. The molecule has 15 heteroatoms. The first kappa shape index (κ1) is 31.4. The van der Waals surface area contributed by atoms with E-state index in [2.05, 4.69) is 15.2 Å². The van der Waals surface area contributed by atoms with Gasteiger partial charge in [0.1, 0.15) is 54.6 Å². The predicted octanol–water partition coefficient (Wildman–Crippen LogP) is 2.53. The third-order valence-corrected chi connectivity index (χ3v) is 8.75. The smallest absolute Gasteiger partial charge is 0.459 e. The fourth-order valence-corrected chi connectivity index (χ4v) is 5.67. The van der Waals surface area contributed by atoms with Gasteiger partial charge in [-0.2, -0.15) is 15.4 Å². The van der Waals surface area contributed by atoms with Crippen LogP contribution in [0.3, 0.4) is 0 Å². The Labute approximate surface area is 242 Å². The van der Waals surface area contributed by atoms with Crippen LogP contribution in [0.25, 0.3) is 5.52 Å². The van der Waals surface area contributed by atoms with Gasteiger partial charge < -0.3 is 29.9 Å². The molecule has 3 aromatic rings. The second-order valence-corrected chi connectivity index (χ2v) is 12.5. The summed E-state index contributed by atoms with van der Waals surface area (Å²) in [4.78, 5) is 16.6. The number of nitrogens with one attached hydrogen (secondary N) is 1. The number of aliphatic hydroxyl groups excluding tert-OH is 2. The molecule has 1 aliphatic rings. The van der Waals surface area contributed by atoms with E-state index in [1.165, 1.54) is 29.9 Å². The second kappa shape index (κ2) is 12.3. The van der Waals surface area contributed by atoms with Crippen molar-refractivity contribution >= 4 is 25.1 Å². The molecular weight excluding hydrogens is 567 g/mol. The monoisotopic (exact) mass is 602 g/mol. The Kier molecular flexibility index (Phi) is 9.22. The topological polar surface area (TPSA) is 204 Å². The van der Waals surface area contributed by atoms with Crippen molar-refractivity contribution in [1.82, 2.24) is 19.7 Å². The number of fused-ring (bicyclic) bond motifs is 1. The highest BCUT2D eigenvalue weighted by molar-refractivity contribution is 7.52. The summed E-state index contributed by atoms with van der Waals surface area (Å²) in [5.74, 6) is -0.370. The predicted molar refractivity (Wildman–Crippen MR) is 150 cm³/mol. The number of carbonyl (C=O) groups is 1. The summed E-state index contributed by atoms with van der Waals surface area (Å²) < 4.78 is 37.9. The molecule has 0 radical (unpaired) electrons. The van der Waals surface area contributed by atoms with Crippen molar-refractivity contribution < 1.29 is 38.1 Å². The maximum Gasteiger partial charge on any atom is 0.459 e. The van der Waals surface area contributed by atoms with Crippen molar-refractivity contribution in [3.8, 4) is 11.8 Å². The molecule has 0 spiro atoms. The van der Waals surface area contributed by atoms with Gasteiger partial charge >= 0.3 is 13.7 Å². The summed E-state index contributed by atoms with van der Waals surface area (Å²) in [7, 11) is -4.42. The Morgan fingerprint density at radius 2 is 2.02 bits per heavy atom. The SMILES string of the molecule is CCC(C)(C)COC(=O)[C@H](C)NP(=O)(OC[C@@]1(C#N)O[C@@H](c2ccc3c(N)ncnn23)[C@H](O)[C@@H]1O)Oc1ccccc1. The van der Waals surface area contributed by atoms with Gasteiger partial charge in [0.15, 0.2) is 5.82 Å². The van der Waals surface area contributed by atoms with Gasteiger partial charge in [0.2, 0.25) is 5.60 Å². The molecule has 6 atom stereocenters. The molecule has 1 saturated heterocycles. The van der Waals surface area contributed by atoms with Crippen LogP contribution in [0.1, 0.15) is 45.9 Å². The average molecular weight is 603 g/mol. The summed E-state index contributed by atoms with van der Waals surface area (Å²) in [6.45, 7) is 6.62. The Morgan fingerprint density at radius 1 is 1.31 bits per heavy atom. The van der Waals surface area contributed by atoms with Gasteiger partial charge in [-0.15, -0.1) is 0 Å². The molecule has 0 aliphatic carbocycles. The molecule has 0 bridgehead atoms. The van der Waals surface area contributed by atoms with Crippen LogP contribution >= 0.6 is 7.75 Å². The van der Waals surface area contributed by atoms with Crippen LogP contribution in [-0.4, -0.2) is 67.8 Å². The molecule has 4 rings (SSSR count). The molecule has 226 valence electrons. The summed E-state index contributed by atoms with van der Waals surface area (Å²) in [5, 5.41) is 38.6. The standard InChI is InChI=1S/C27H35N6O8P/c1-5-26(3,4)14-38-25(36)17(2)32-42(37,41-18-9-7-6-8-10-18)39-15-27(13-28)23(35)21(34)22(40-27)19-11-12-20-24(29)30-16-31-33(19)20/h6-12,16-17,21-23,34-35H,5,14-15H2,1-4H3,(H,32,37)(H2,29,30,31)/t17-,21-,22-,23-,27+,42?/m0/s1. The van der Waals surface area contributed by atoms with Crippen LogP contribution in [-0.2, 0) is 23.4 Å². The van der Waals surface area contributed by atoms with Crippen LogP contribution in [0.15, 0.2) is 48.8 Å². The summed E-state index contributed by atoms with van der Waals surface area (Å²) in [5.41, 5.74) is 4.17. The summed E-state index contributed by atoms with van der Waals surface area (Å²) >= 11 is 0. The van der Waals surface area contributed by atoms with Gasteiger partial charge in [-0.05, 0) is 43.0 Å². The van der Waals surface area contributed by atoms with Crippen molar-refractivity contribution in [1.29, 1.82) is 5.26 Å². The third kappa shape index (κ3) is 6.57. The molecular formula is C27H35N6O8P. The van der Waals surface area contributed by atoms with E-state index in [0.29, 0.717) is 5.52 Å². The van der Waals surface area contributed by atoms with E-state index in [1.807, 2.05) is 26.8 Å². The van der Waals surface area contributed by atoms with Gasteiger partial charge in [-0.3, -0.25) is 9.32 Å². The Hall–Kier alpha value is -3.57. The number of carbonyl (C=O) groups excluding carboxylic acids is 1. The summed E-state index contributed by atoms with van der Waals surface area (Å²) in [6.07, 6.45) is -2.64. The Morgan fingerprint density at radius 3 is 2.69 bits per heavy atom. The number of esters is 1. The number of nitriles is 1. The first-order chi connectivity index (χ1) is 19.8. The number of benzene rings is 1. The molecule has 42 heavy (non-hydrogen) atoms. The molecule has 3 heterocycles. The number of anilines is 1. The largest absolute Gasteiger partial charge is 0.464 e. The van der Waals surface area contributed by atoms with Crippen LogP contribution in [0.2, 0.25) is 0 Å². The van der Waals surface area contributed by atoms with Crippen molar-refractivity contribution in [3.05, 3.63) is 54.5 Å². The van der Waals surface area contributed by atoms with Crippen LogP contribution in [0.5, 0.6) is 5.75 Å². The van der Waals surface area contributed by atoms with Crippen molar-refractivity contribution in [2.45, 2.75) is 64.1 Å². The molecule has 1 fully saturated rings. The van der Waals surface area contributed by atoms with Gasteiger partial charge in [0.05, 0.1) is 12.3 Å². The Balaban J connectivity index is 1.56. The quantitative estimate of drug-likeness (QED) is 0.174. The lowest BCUT2D eigenvalue weighted by atomic mass is 9.92. The molecule has 5 N–H and O–H groups in total. The minimum Gasteiger partial charge on any atom is -0.464 e. The number of rotatable bonds is 12. The zero-order valence-corrected chi connectivity index (χ0v) is 24.6. The van der Waals surface area contributed by atoms with Gasteiger partial charge in [0, 0.05) is 0 Å². The molecule has 0 saturated carbocycles. The van der Waals surface area contributed by atoms with Gasteiger partial charge in [-0.1, -0.05) is 39.0 Å². The maximum absolute atomic E-state index is 14.0. The zero-order chi connectivity index (χ0) is 30.7. The van der Waals surface area contributed by atoms with Crippen molar-refractivity contribution in [2.24, 2.45) is 5.41 Å². The number of aromatic nitrogens is 3. The number of nitrogens with two attached hydrogens (primary N) is 1. The highest BCUT2D eigenvalue weighted by Crippen LogP contribution is 2.48. The third-order valence-electron chi connectivity index (χ3n) is 7.13. The maximum atomic E-state index is 14.0.